The van der Waals surface area contributed by atoms with Crippen molar-refractivity contribution in [2.75, 3.05) is 11.1 Å². The lowest BCUT2D eigenvalue weighted by Gasteiger charge is -2.02. The lowest BCUT2D eigenvalue weighted by Crippen LogP contribution is -1.99. The summed E-state index contributed by atoms with van der Waals surface area (Å²) < 4.78 is 4.96. The van der Waals surface area contributed by atoms with E-state index in [4.69, 9.17) is 10.3 Å². The summed E-state index contributed by atoms with van der Waals surface area (Å²) in [6.45, 7) is 2.31. The quantitative estimate of drug-likeness (QED) is 0.742. The maximum Gasteiger partial charge on any atom is 0.245 e. The van der Waals surface area contributed by atoms with Crippen molar-refractivity contribution in [3.63, 3.8) is 0 Å². The summed E-state index contributed by atoms with van der Waals surface area (Å²) in [6.07, 6.45) is 0. The van der Waals surface area contributed by atoms with Crippen LogP contribution in [0.1, 0.15) is 11.7 Å². The molecule has 0 amide bonds. The molecule has 0 fully saturated rings. The third-order valence-corrected chi connectivity index (χ3v) is 1.92. The normalized spacial score (nSPS) is 10.2. The second kappa shape index (κ2) is 4.00. The van der Waals surface area contributed by atoms with E-state index in [1.54, 1.807) is 6.92 Å². The fourth-order valence-corrected chi connectivity index (χ4v) is 1.19. The summed E-state index contributed by atoms with van der Waals surface area (Å²) in [5, 5.41) is 6.85. The smallest absolute Gasteiger partial charge is 0.245 e. The molecular weight excluding hydrogens is 192 g/mol. The molecule has 3 N–H and O–H groups in total. The van der Waals surface area contributed by atoms with Gasteiger partial charge in [-0.1, -0.05) is 5.16 Å². The van der Waals surface area contributed by atoms with E-state index in [1.807, 2.05) is 24.3 Å². The van der Waals surface area contributed by atoms with Crippen LogP contribution in [0.25, 0.3) is 0 Å². The molecule has 15 heavy (non-hydrogen) atoms. The fourth-order valence-electron chi connectivity index (χ4n) is 1.19. The molecule has 0 radical (unpaired) electrons. The molecule has 0 spiro atoms. The highest BCUT2D eigenvalue weighted by Crippen LogP contribution is 2.11. The SMILES string of the molecule is Cc1noc(CNc2ccc(N)cc2)n1. The van der Waals surface area contributed by atoms with Crippen LogP contribution in [-0.4, -0.2) is 10.1 Å². The minimum atomic E-state index is 0.519. The van der Waals surface area contributed by atoms with Gasteiger partial charge in [-0.25, -0.2) is 0 Å². The zero-order valence-electron chi connectivity index (χ0n) is 8.40. The Morgan fingerprint density at radius 3 is 2.67 bits per heavy atom. The fraction of sp³-hybridized carbons (Fsp3) is 0.200. The Hall–Kier alpha value is -2.04. The van der Waals surface area contributed by atoms with Gasteiger partial charge in [0, 0.05) is 11.4 Å². The summed E-state index contributed by atoms with van der Waals surface area (Å²) >= 11 is 0. The molecule has 2 rings (SSSR count). The standard InChI is InChI=1S/C10H12N4O/c1-7-13-10(15-14-7)6-12-9-4-2-8(11)3-5-9/h2-5,12H,6,11H2,1H3. The average Bonchev–Trinajstić information content (AvgIpc) is 2.64. The van der Waals surface area contributed by atoms with Gasteiger partial charge in [0.05, 0.1) is 6.54 Å². The number of nitrogens with one attached hydrogen (secondary N) is 1. The van der Waals surface area contributed by atoms with Gasteiger partial charge < -0.3 is 15.6 Å². The highest BCUT2D eigenvalue weighted by molar-refractivity contribution is 5.51. The third kappa shape index (κ3) is 2.46. The van der Waals surface area contributed by atoms with E-state index in [-0.39, 0.29) is 0 Å². The van der Waals surface area contributed by atoms with Crippen LogP contribution < -0.4 is 11.1 Å². The molecule has 0 aliphatic rings. The number of hydrogen-bond acceptors (Lipinski definition) is 5. The van der Waals surface area contributed by atoms with Crippen molar-refractivity contribution in [2.24, 2.45) is 0 Å². The van der Waals surface area contributed by atoms with Crippen LogP contribution in [0, 0.1) is 6.92 Å². The average molecular weight is 204 g/mol. The lowest BCUT2D eigenvalue weighted by atomic mass is 10.3. The Bertz CT molecular complexity index is 435. The number of nitrogens with zero attached hydrogens (tertiary/aromatic N) is 2. The van der Waals surface area contributed by atoms with E-state index in [0.29, 0.717) is 18.3 Å². The monoisotopic (exact) mass is 204 g/mol. The highest BCUT2D eigenvalue weighted by Gasteiger charge is 2.01. The van der Waals surface area contributed by atoms with Crippen molar-refractivity contribution in [3.05, 3.63) is 36.0 Å². The maximum absolute atomic E-state index is 5.57. The van der Waals surface area contributed by atoms with Gasteiger partial charge in [-0.05, 0) is 31.2 Å². The minimum absolute atomic E-state index is 0.519. The number of rotatable bonds is 3. The van der Waals surface area contributed by atoms with Gasteiger partial charge in [-0.3, -0.25) is 0 Å². The van der Waals surface area contributed by atoms with Crippen molar-refractivity contribution in [1.82, 2.24) is 10.1 Å². The third-order valence-electron chi connectivity index (χ3n) is 1.92. The topological polar surface area (TPSA) is 77.0 Å². The Labute approximate surface area is 87.3 Å². The predicted octanol–water partition coefficient (Wildman–Crippen LogP) is 1.57. The van der Waals surface area contributed by atoms with Crippen LogP contribution in [0.3, 0.4) is 0 Å². The molecule has 0 saturated carbocycles. The first-order valence-electron chi connectivity index (χ1n) is 4.62. The van der Waals surface area contributed by atoms with Crippen molar-refractivity contribution < 1.29 is 4.52 Å². The van der Waals surface area contributed by atoms with Crippen LogP contribution >= 0.6 is 0 Å². The Balaban J connectivity index is 1.96. The first kappa shape index (κ1) is 9.51. The molecule has 0 bridgehead atoms. The van der Waals surface area contributed by atoms with Gasteiger partial charge in [0.1, 0.15) is 0 Å². The van der Waals surface area contributed by atoms with E-state index in [2.05, 4.69) is 15.5 Å². The Kier molecular flexibility index (Phi) is 2.53. The Morgan fingerprint density at radius 1 is 1.33 bits per heavy atom. The van der Waals surface area contributed by atoms with Gasteiger partial charge >= 0.3 is 0 Å². The molecule has 0 unspecified atom stereocenters. The van der Waals surface area contributed by atoms with E-state index in [1.165, 1.54) is 0 Å². The molecule has 5 heteroatoms. The van der Waals surface area contributed by atoms with Crippen LogP contribution in [0.5, 0.6) is 0 Å². The summed E-state index contributed by atoms with van der Waals surface area (Å²) in [5.74, 6) is 1.22. The molecule has 0 atom stereocenters. The van der Waals surface area contributed by atoms with Crippen molar-refractivity contribution >= 4 is 11.4 Å². The summed E-state index contributed by atoms with van der Waals surface area (Å²) in [6, 6.07) is 7.47. The van der Waals surface area contributed by atoms with E-state index < -0.39 is 0 Å². The lowest BCUT2D eigenvalue weighted by molar-refractivity contribution is 0.379. The molecule has 1 heterocycles. The second-order valence-corrected chi connectivity index (χ2v) is 3.21. The van der Waals surface area contributed by atoms with E-state index in [9.17, 15) is 0 Å². The number of benzene rings is 1. The van der Waals surface area contributed by atoms with Crippen molar-refractivity contribution in [1.29, 1.82) is 0 Å². The maximum atomic E-state index is 5.57. The molecule has 0 aliphatic heterocycles. The molecule has 1 aromatic heterocycles. The first-order valence-corrected chi connectivity index (χ1v) is 4.62. The van der Waals surface area contributed by atoms with Gasteiger partial charge in [0.2, 0.25) is 5.89 Å². The van der Waals surface area contributed by atoms with Gasteiger partial charge in [0.15, 0.2) is 5.82 Å². The summed E-state index contributed by atoms with van der Waals surface area (Å²) in [5.41, 5.74) is 7.29. The van der Waals surface area contributed by atoms with Gasteiger partial charge in [0.25, 0.3) is 0 Å². The number of hydrogen-bond donors (Lipinski definition) is 2. The molecule has 78 valence electrons. The second-order valence-electron chi connectivity index (χ2n) is 3.21. The van der Waals surface area contributed by atoms with E-state index in [0.717, 1.165) is 11.4 Å². The largest absolute Gasteiger partial charge is 0.399 e. The molecule has 1 aromatic carbocycles. The molecule has 5 nitrogen and oxygen atoms in total. The van der Waals surface area contributed by atoms with Gasteiger partial charge in [-0.15, -0.1) is 0 Å². The van der Waals surface area contributed by atoms with Crippen LogP contribution in [0.2, 0.25) is 0 Å². The first-order chi connectivity index (χ1) is 7.24. The van der Waals surface area contributed by atoms with Crippen molar-refractivity contribution in [2.45, 2.75) is 13.5 Å². The molecular formula is C10H12N4O. The predicted molar refractivity (Wildman–Crippen MR) is 57.2 cm³/mol. The minimum Gasteiger partial charge on any atom is -0.399 e. The molecule has 2 aromatic rings. The Morgan fingerprint density at radius 2 is 2.07 bits per heavy atom. The van der Waals surface area contributed by atoms with E-state index >= 15 is 0 Å². The summed E-state index contributed by atoms with van der Waals surface area (Å²) in [4.78, 5) is 4.08. The number of aromatic nitrogens is 2. The molecule has 0 saturated heterocycles. The number of nitrogen functional groups attached to an aromatic ring is 1. The number of nitrogens with two attached hydrogens (primary N) is 1. The molecule has 0 aliphatic carbocycles. The zero-order valence-corrected chi connectivity index (χ0v) is 8.40. The highest BCUT2D eigenvalue weighted by atomic mass is 16.5. The van der Waals surface area contributed by atoms with Crippen LogP contribution in [0.15, 0.2) is 28.8 Å². The number of anilines is 2. The summed E-state index contributed by atoms with van der Waals surface area (Å²) in [7, 11) is 0. The van der Waals surface area contributed by atoms with Crippen molar-refractivity contribution in [3.8, 4) is 0 Å². The number of aryl methyl sites for hydroxylation is 1. The zero-order chi connectivity index (χ0) is 10.7. The van der Waals surface area contributed by atoms with Gasteiger partial charge in [-0.2, -0.15) is 4.98 Å². The van der Waals surface area contributed by atoms with Crippen LogP contribution in [-0.2, 0) is 6.54 Å². The van der Waals surface area contributed by atoms with Crippen LogP contribution in [0.4, 0.5) is 11.4 Å².